The fraction of sp³-hybridized carbons (Fsp3) is 0.778. The summed E-state index contributed by atoms with van der Waals surface area (Å²) in [6, 6.07) is 0. The molecule has 116 valence electrons. The van der Waals surface area contributed by atoms with Gasteiger partial charge in [-0.15, -0.1) is 0 Å². The van der Waals surface area contributed by atoms with Crippen LogP contribution in [0.25, 0.3) is 0 Å². The Bertz CT molecular complexity index is 294. The third kappa shape index (κ3) is 7.86. The molecule has 2 aliphatic rings. The molecule has 1 unspecified atom stereocenters. The molecule has 0 aromatic rings. The normalized spacial score (nSPS) is 27.8. The van der Waals surface area contributed by atoms with Gasteiger partial charge in [0.05, 0.1) is 12.7 Å². The number of allylic oxidation sites excluding steroid dienone is 1. The maximum Gasteiger partial charge on any atom is 0.0747 e. The molecule has 2 rings (SSSR count). The Morgan fingerprint density at radius 2 is 1.60 bits per heavy atom. The van der Waals surface area contributed by atoms with Crippen LogP contribution >= 0.6 is 0 Å². The second-order valence-corrected chi connectivity index (χ2v) is 6.10. The first-order valence-corrected chi connectivity index (χ1v) is 8.38. The summed E-state index contributed by atoms with van der Waals surface area (Å²) in [5.41, 5.74) is 2.29. The average Bonchev–Trinajstić information content (AvgIpc) is 2.41. The molecule has 1 atom stereocenters. The minimum absolute atomic E-state index is 0.208. The summed E-state index contributed by atoms with van der Waals surface area (Å²) in [5.74, 6) is 0. The van der Waals surface area contributed by atoms with Crippen molar-refractivity contribution in [2.45, 2.75) is 83.2 Å². The van der Waals surface area contributed by atoms with Crippen LogP contribution in [-0.4, -0.2) is 22.9 Å². The fourth-order valence-corrected chi connectivity index (χ4v) is 2.82. The van der Waals surface area contributed by atoms with Gasteiger partial charge in [-0.3, -0.25) is 0 Å². The first kappa shape index (κ1) is 17.5. The van der Waals surface area contributed by atoms with Gasteiger partial charge in [-0.05, 0) is 56.1 Å². The maximum absolute atomic E-state index is 9.38. The van der Waals surface area contributed by atoms with E-state index in [9.17, 15) is 5.11 Å². The van der Waals surface area contributed by atoms with E-state index < -0.39 is 0 Å². The zero-order chi connectivity index (χ0) is 14.6. The van der Waals surface area contributed by atoms with E-state index in [1.54, 1.807) is 0 Å². The van der Waals surface area contributed by atoms with Crippen LogP contribution in [0.3, 0.4) is 0 Å². The Kier molecular flexibility index (Phi) is 9.69. The average molecular weight is 280 g/mol. The molecule has 0 aromatic carbocycles. The molecular weight excluding hydrogens is 248 g/mol. The summed E-state index contributed by atoms with van der Waals surface area (Å²) < 4.78 is 0. The molecule has 0 saturated heterocycles. The molecule has 2 aliphatic carbocycles. The van der Waals surface area contributed by atoms with Crippen molar-refractivity contribution in [2.75, 3.05) is 6.61 Å². The quantitative estimate of drug-likeness (QED) is 0.693. The second-order valence-electron chi connectivity index (χ2n) is 6.10. The molecule has 1 saturated carbocycles. The highest BCUT2D eigenvalue weighted by atomic mass is 16.3. The van der Waals surface area contributed by atoms with Crippen LogP contribution in [0.15, 0.2) is 23.8 Å². The highest BCUT2D eigenvalue weighted by molar-refractivity contribution is 5.02. The Hall–Kier alpha value is -0.600. The van der Waals surface area contributed by atoms with E-state index in [4.69, 9.17) is 5.11 Å². The lowest BCUT2D eigenvalue weighted by molar-refractivity contribution is 0.187. The Balaban J connectivity index is 0.000000200. The van der Waals surface area contributed by atoms with Crippen LogP contribution in [0.4, 0.5) is 0 Å². The topological polar surface area (TPSA) is 40.5 Å². The summed E-state index contributed by atoms with van der Waals surface area (Å²) >= 11 is 0. The zero-order valence-electron chi connectivity index (χ0n) is 12.9. The molecule has 2 heteroatoms. The minimum atomic E-state index is -0.208. The van der Waals surface area contributed by atoms with Crippen LogP contribution in [0, 0.1) is 0 Å². The van der Waals surface area contributed by atoms with Crippen LogP contribution < -0.4 is 0 Å². The van der Waals surface area contributed by atoms with Crippen LogP contribution in [0.5, 0.6) is 0 Å². The van der Waals surface area contributed by atoms with Gasteiger partial charge in [-0.25, -0.2) is 0 Å². The van der Waals surface area contributed by atoms with Gasteiger partial charge in [0, 0.05) is 0 Å². The molecule has 0 aromatic heterocycles. The fourth-order valence-electron chi connectivity index (χ4n) is 2.82. The van der Waals surface area contributed by atoms with Crippen molar-refractivity contribution < 1.29 is 10.2 Å². The summed E-state index contributed by atoms with van der Waals surface area (Å²) in [6.45, 7) is 4.12. The standard InChI is InChI=1S/2C9H16O/c1-8-6-4-2-3-5-7-9(8)10;10-8-9-6-4-2-1-3-5-7-9/h9-10H,1-7H2;6,10H,1-5,7-8H2/b;9-6+. The number of hydrogen-bond donors (Lipinski definition) is 2. The maximum atomic E-state index is 9.38. The highest BCUT2D eigenvalue weighted by Crippen LogP contribution is 2.20. The molecule has 2 nitrogen and oxygen atoms in total. The first-order chi connectivity index (χ1) is 9.74. The Morgan fingerprint density at radius 3 is 2.35 bits per heavy atom. The van der Waals surface area contributed by atoms with Crippen molar-refractivity contribution in [1.29, 1.82) is 0 Å². The molecular formula is C18H32O2. The molecule has 0 amide bonds. The van der Waals surface area contributed by atoms with Gasteiger partial charge in [-0.2, -0.15) is 0 Å². The predicted octanol–water partition coefficient (Wildman–Crippen LogP) is 4.52. The summed E-state index contributed by atoms with van der Waals surface area (Å²) in [6.07, 6.45) is 16.5. The Morgan fingerprint density at radius 1 is 0.950 bits per heavy atom. The first-order valence-electron chi connectivity index (χ1n) is 8.38. The summed E-state index contributed by atoms with van der Waals surface area (Å²) in [5, 5.41) is 18.2. The van der Waals surface area contributed by atoms with Crippen molar-refractivity contribution in [3.63, 3.8) is 0 Å². The third-order valence-electron chi connectivity index (χ3n) is 4.28. The van der Waals surface area contributed by atoms with Gasteiger partial charge < -0.3 is 10.2 Å². The van der Waals surface area contributed by atoms with Crippen LogP contribution in [0.1, 0.15) is 77.0 Å². The van der Waals surface area contributed by atoms with Gasteiger partial charge in [0.2, 0.25) is 0 Å². The van der Waals surface area contributed by atoms with Gasteiger partial charge in [0.1, 0.15) is 0 Å². The molecule has 0 heterocycles. The van der Waals surface area contributed by atoms with E-state index in [0.29, 0.717) is 0 Å². The lowest BCUT2D eigenvalue weighted by Gasteiger charge is -2.16. The highest BCUT2D eigenvalue weighted by Gasteiger charge is 2.10. The van der Waals surface area contributed by atoms with Gasteiger partial charge in [0.25, 0.3) is 0 Å². The lowest BCUT2D eigenvalue weighted by Crippen LogP contribution is -2.11. The van der Waals surface area contributed by atoms with Crippen molar-refractivity contribution >= 4 is 0 Å². The third-order valence-corrected chi connectivity index (χ3v) is 4.28. The summed E-state index contributed by atoms with van der Waals surface area (Å²) in [7, 11) is 0. The van der Waals surface area contributed by atoms with E-state index in [1.165, 1.54) is 63.4 Å². The van der Waals surface area contributed by atoms with Crippen molar-refractivity contribution in [2.24, 2.45) is 0 Å². The molecule has 0 bridgehead atoms. The SMILES string of the molecule is C=C1CCCCCCC1O.OC/C1=C/CCCCCC1. The molecule has 20 heavy (non-hydrogen) atoms. The van der Waals surface area contributed by atoms with Gasteiger partial charge in [0.15, 0.2) is 0 Å². The smallest absolute Gasteiger partial charge is 0.0747 e. The number of hydrogen-bond acceptors (Lipinski definition) is 2. The van der Waals surface area contributed by atoms with E-state index in [0.717, 1.165) is 24.8 Å². The second kappa shape index (κ2) is 11.1. The molecule has 0 aliphatic heterocycles. The van der Waals surface area contributed by atoms with Gasteiger partial charge >= 0.3 is 0 Å². The predicted molar refractivity (Wildman–Crippen MR) is 85.7 cm³/mol. The van der Waals surface area contributed by atoms with Gasteiger partial charge in [-0.1, -0.05) is 44.8 Å². The monoisotopic (exact) mass is 280 g/mol. The van der Waals surface area contributed by atoms with Crippen molar-refractivity contribution in [3.05, 3.63) is 23.8 Å². The lowest BCUT2D eigenvalue weighted by atomic mass is 9.95. The van der Waals surface area contributed by atoms with Crippen molar-refractivity contribution in [1.82, 2.24) is 0 Å². The number of rotatable bonds is 1. The number of aliphatic hydroxyl groups excluding tert-OH is 2. The number of aliphatic hydroxyl groups is 2. The van der Waals surface area contributed by atoms with E-state index in [1.807, 2.05) is 0 Å². The largest absolute Gasteiger partial charge is 0.392 e. The Labute approximate surface area is 124 Å². The van der Waals surface area contributed by atoms with E-state index in [-0.39, 0.29) is 12.7 Å². The van der Waals surface area contributed by atoms with Crippen LogP contribution in [-0.2, 0) is 0 Å². The minimum Gasteiger partial charge on any atom is -0.392 e. The molecule has 0 radical (unpaired) electrons. The molecule has 2 N–H and O–H groups in total. The van der Waals surface area contributed by atoms with E-state index >= 15 is 0 Å². The van der Waals surface area contributed by atoms with Crippen LogP contribution in [0.2, 0.25) is 0 Å². The summed E-state index contributed by atoms with van der Waals surface area (Å²) in [4.78, 5) is 0. The zero-order valence-corrected chi connectivity index (χ0v) is 12.9. The molecule has 0 spiro atoms. The molecule has 1 fully saturated rings. The van der Waals surface area contributed by atoms with Crippen molar-refractivity contribution in [3.8, 4) is 0 Å². The van der Waals surface area contributed by atoms with E-state index in [2.05, 4.69) is 12.7 Å².